The van der Waals surface area contributed by atoms with E-state index in [0.29, 0.717) is 22.5 Å². The molecule has 8 nitrogen and oxygen atoms in total. The molecule has 0 saturated carbocycles. The van der Waals surface area contributed by atoms with E-state index in [2.05, 4.69) is 25.7 Å². The number of carbonyl (C=O) groups is 2. The largest absolute Gasteiger partial charge is 0.299 e. The Labute approximate surface area is 181 Å². The number of nitrogens with zero attached hydrogens (tertiary/aromatic N) is 4. The van der Waals surface area contributed by atoms with E-state index in [9.17, 15) is 9.59 Å². The molecule has 3 unspecified atom stereocenters. The minimum Gasteiger partial charge on any atom is -0.299 e. The van der Waals surface area contributed by atoms with Crippen LogP contribution in [0.3, 0.4) is 0 Å². The Kier molecular flexibility index (Phi) is 5.02. The zero-order chi connectivity index (χ0) is 20.8. The fraction of sp³-hybridized carbons (Fsp3) is 0.350. The third-order valence-corrected chi connectivity index (χ3v) is 7.18. The summed E-state index contributed by atoms with van der Waals surface area (Å²) in [6.07, 6.45) is -0.128. The number of rotatable bonds is 4. The Morgan fingerprint density at radius 1 is 1.17 bits per heavy atom. The number of nitrogens with one attached hydrogen (secondary N) is 2. The lowest BCUT2D eigenvalue weighted by atomic mass is 9.91. The highest BCUT2D eigenvalue weighted by Crippen LogP contribution is 2.33. The number of piperidine rings is 1. The number of para-hydroxylation sites is 1. The number of carbonyl (C=O) groups excluding carboxylic acids is 2. The van der Waals surface area contributed by atoms with Gasteiger partial charge in [0.05, 0.1) is 16.4 Å². The second kappa shape index (κ2) is 7.69. The minimum atomic E-state index is -0.726. The van der Waals surface area contributed by atoms with Gasteiger partial charge < -0.3 is 0 Å². The van der Waals surface area contributed by atoms with Gasteiger partial charge in [0.25, 0.3) is 5.91 Å². The van der Waals surface area contributed by atoms with E-state index in [-0.39, 0.29) is 17.7 Å². The van der Waals surface area contributed by atoms with Gasteiger partial charge >= 0.3 is 0 Å². The van der Waals surface area contributed by atoms with Gasteiger partial charge in [0.1, 0.15) is 11.7 Å². The first kappa shape index (κ1) is 19.6. The van der Waals surface area contributed by atoms with E-state index in [1.807, 2.05) is 44.2 Å². The van der Waals surface area contributed by atoms with Gasteiger partial charge in [-0.3, -0.25) is 14.9 Å². The van der Waals surface area contributed by atoms with E-state index in [4.69, 9.17) is 0 Å². The molecule has 2 aromatic heterocycles. The van der Waals surface area contributed by atoms with E-state index in [1.54, 1.807) is 0 Å². The van der Waals surface area contributed by atoms with Gasteiger partial charge in [0.2, 0.25) is 5.13 Å². The zero-order valence-corrected chi connectivity index (χ0v) is 18.1. The van der Waals surface area contributed by atoms with Crippen LogP contribution in [0, 0.1) is 19.8 Å². The van der Waals surface area contributed by atoms with Crippen LogP contribution in [0.5, 0.6) is 0 Å². The van der Waals surface area contributed by atoms with Crippen LogP contribution < -0.4 is 15.8 Å². The first-order chi connectivity index (χ1) is 14.5. The molecule has 1 aromatic carbocycles. The van der Waals surface area contributed by atoms with Crippen molar-refractivity contribution in [1.82, 2.24) is 25.7 Å². The predicted octanol–water partition coefficient (Wildman–Crippen LogP) is 2.22. The van der Waals surface area contributed by atoms with E-state index in [1.165, 1.54) is 28.1 Å². The maximum absolute atomic E-state index is 12.9. The van der Waals surface area contributed by atoms with Gasteiger partial charge in [-0.05, 0) is 32.0 Å². The molecule has 2 fully saturated rings. The number of hydrazine groups is 1. The summed E-state index contributed by atoms with van der Waals surface area (Å²) >= 11 is 2.95. The molecule has 2 saturated heterocycles. The third-order valence-electron chi connectivity index (χ3n) is 5.15. The number of anilines is 1. The molecule has 3 atom stereocenters. The topological polar surface area (TPSA) is 100 Å². The number of Topliss-reactive ketones (excluding diaryl/α,β-unsaturated/α-hetero) is 1. The molecular weight excluding hydrogens is 420 g/mol. The number of ketones is 1. The van der Waals surface area contributed by atoms with Crippen LogP contribution in [-0.4, -0.2) is 44.6 Å². The Bertz CT molecular complexity index is 1100. The molecule has 2 aliphatic heterocycles. The van der Waals surface area contributed by atoms with Crippen molar-refractivity contribution in [2.75, 3.05) is 10.8 Å². The maximum atomic E-state index is 12.9. The Hall–Kier alpha value is -2.40. The lowest BCUT2D eigenvalue weighted by Gasteiger charge is -2.30. The van der Waals surface area contributed by atoms with E-state index < -0.39 is 12.1 Å². The average molecular weight is 441 g/mol. The number of benzene rings is 1. The van der Waals surface area contributed by atoms with Crippen molar-refractivity contribution in [3.05, 3.63) is 41.7 Å². The lowest BCUT2D eigenvalue weighted by molar-refractivity contribution is -0.133. The summed E-state index contributed by atoms with van der Waals surface area (Å²) in [5.41, 5.74) is 5.84. The van der Waals surface area contributed by atoms with Crippen LogP contribution in [0.1, 0.15) is 17.8 Å². The summed E-state index contributed by atoms with van der Waals surface area (Å²) in [7, 11) is 0. The number of aromatic nitrogens is 3. The summed E-state index contributed by atoms with van der Waals surface area (Å²) < 4.78 is 0.999. The number of thiazole rings is 1. The lowest BCUT2D eigenvalue weighted by Crippen LogP contribution is -2.56. The first-order valence-corrected chi connectivity index (χ1v) is 11.5. The number of hydrogen-bond acceptors (Lipinski definition) is 9. The van der Waals surface area contributed by atoms with Crippen molar-refractivity contribution in [3.8, 4) is 0 Å². The molecule has 2 N–H and O–H groups in total. The molecule has 0 bridgehead atoms. The normalized spacial score (nSPS) is 23.9. The molecule has 3 aromatic rings. The standard InChI is InChI=1S/C20H20N6O2S2/c1-10-7-11(2)22-19(21-10)29-9-12-8-14(27)16-17(23-12)25-26(18(16)28)20-24-13-5-3-4-6-15(13)30-20/h3-7,12,16-17,23,25H,8-9H2,1-2H3. The van der Waals surface area contributed by atoms with E-state index in [0.717, 1.165) is 21.6 Å². The minimum absolute atomic E-state index is 0.0493. The quantitative estimate of drug-likeness (QED) is 0.362. The summed E-state index contributed by atoms with van der Waals surface area (Å²) in [6, 6.07) is 9.60. The number of fused-ring (bicyclic) bond motifs is 2. The van der Waals surface area contributed by atoms with Crippen LogP contribution in [0.15, 0.2) is 35.5 Å². The van der Waals surface area contributed by atoms with Crippen molar-refractivity contribution >= 4 is 50.1 Å². The molecule has 4 heterocycles. The summed E-state index contributed by atoms with van der Waals surface area (Å²) in [5, 5.41) is 6.10. The fourth-order valence-corrected chi connectivity index (χ4v) is 5.77. The van der Waals surface area contributed by atoms with Crippen molar-refractivity contribution in [2.45, 2.75) is 37.6 Å². The van der Waals surface area contributed by atoms with Gasteiger partial charge in [-0.2, -0.15) is 0 Å². The number of hydrogen-bond donors (Lipinski definition) is 2. The smallest absolute Gasteiger partial charge is 0.257 e. The van der Waals surface area contributed by atoms with Crippen LogP contribution in [0.25, 0.3) is 10.2 Å². The molecule has 0 radical (unpaired) electrons. The molecule has 5 rings (SSSR count). The predicted molar refractivity (Wildman–Crippen MR) is 116 cm³/mol. The SMILES string of the molecule is Cc1cc(C)nc(SCC2CC(=O)C3C(=O)N(c4nc5ccccc5s4)NC3N2)n1. The Morgan fingerprint density at radius 3 is 2.70 bits per heavy atom. The number of thioether (sulfide) groups is 1. The molecule has 1 amide bonds. The van der Waals surface area contributed by atoms with Crippen molar-refractivity contribution < 1.29 is 9.59 Å². The average Bonchev–Trinajstić information content (AvgIpc) is 3.27. The summed E-state index contributed by atoms with van der Waals surface area (Å²) in [4.78, 5) is 39.1. The molecular formula is C20H20N6O2S2. The summed E-state index contributed by atoms with van der Waals surface area (Å²) in [6.45, 7) is 3.88. The number of amides is 1. The molecule has 10 heteroatoms. The molecule has 0 spiro atoms. The summed E-state index contributed by atoms with van der Waals surface area (Å²) in [5.74, 6) is -0.377. The second-order valence-corrected chi connectivity index (χ2v) is 9.50. The van der Waals surface area contributed by atoms with E-state index >= 15 is 0 Å². The molecule has 0 aliphatic carbocycles. The zero-order valence-electron chi connectivity index (χ0n) is 16.5. The molecule has 30 heavy (non-hydrogen) atoms. The highest BCUT2D eigenvalue weighted by molar-refractivity contribution is 7.99. The van der Waals surface area contributed by atoms with Gasteiger partial charge in [-0.15, -0.1) is 0 Å². The van der Waals surface area contributed by atoms with Crippen LogP contribution in [0.4, 0.5) is 5.13 Å². The van der Waals surface area contributed by atoms with Gasteiger partial charge in [0.15, 0.2) is 5.16 Å². The monoisotopic (exact) mass is 440 g/mol. The maximum Gasteiger partial charge on any atom is 0.257 e. The van der Waals surface area contributed by atoms with Gasteiger partial charge in [-0.1, -0.05) is 35.2 Å². The molecule has 154 valence electrons. The first-order valence-electron chi connectivity index (χ1n) is 9.67. The highest BCUT2D eigenvalue weighted by Gasteiger charge is 2.49. The number of aryl methyl sites for hydroxylation is 2. The van der Waals surface area contributed by atoms with Crippen molar-refractivity contribution in [2.24, 2.45) is 5.92 Å². The fourth-order valence-electron chi connectivity index (χ4n) is 3.84. The van der Waals surface area contributed by atoms with Crippen molar-refractivity contribution in [3.63, 3.8) is 0 Å². The Morgan fingerprint density at radius 2 is 1.93 bits per heavy atom. The highest BCUT2D eigenvalue weighted by atomic mass is 32.2. The Balaban J connectivity index is 1.30. The molecule has 2 aliphatic rings. The van der Waals surface area contributed by atoms with Crippen LogP contribution >= 0.6 is 23.1 Å². The van der Waals surface area contributed by atoms with Gasteiger partial charge in [0, 0.05) is 29.6 Å². The van der Waals surface area contributed by atoms with Crippen LogP contribution in [-0.2, 0) is 9.59 Å². The second-order valence-electron chi connectivity index (χ2n) is 7.50. The third kappa shape index (κ3) is 3.60. The van der Waals surface area contributed by atoms with Gasteiger partial charge in [-0.25, -0.2) is 25.4 Å². The van der Waals surface area contributed by atoms with Crippen molar-refractivity contribution in [1.29, 1.82) is 0 Å². The van der Waals surface area contributed by atoms with Crippen LogP contribution in [0.2, 0.25) is 0 Å².